The molecule has 7 nitrogen and oxygen atoms in total. The van der Waals surface area contributed by atoms with Gasteiger partial charge in [-0.3, -0.25) is 0 Å². The second-order valence-electron chi connectivity index (χ2n) is 7.76. The lowest BCUT2D eigenvalue weighted by Gasteiger charge is -2.13. The molecule has 0 aliphatic rings. The van der Waals surface area contributed by atoms with E-state index in [2.05, 4.69) is 45.1 Å². The van der Waals surface area contributed by atoms with Gasteiger partial charge in [0.2, 0.25) is 5.89 Å². The summed E-state index contributed by atoms with van der Waals surface area (Å²) in [5.41, 5.74) is 4.43. The maximum absolute atomic E-state index is 12.7. The molecule has 0 saturated heterocycles. The molecular formula is C24H23BrN4O3S. The van der Waals surface area contributed by atoms with Gasteiger partial charge in [0, 0.05) is 5.56 Å². The number of hydrogen-bond acceptors (Lipinski definition) is 7. The minimum absolute atomic E-state index is 0.146. The molecule has 0 saturated carbocycles. The van der Waals surface area contributed by atoms with Crippen molar-refractivity contribution in [2.24, 2.45) is 0 Å². The summed E-state index contributed by atoms with van der Waals surface area (Å²) < 4.78 is 13.5. The highest BCUT2D eigenvalue weighted by Gasteiger charge is 2.29. The summed E-state index contributed by atoms with van der Waals surface area (Å²) in [7, 11) is 0. The first-order valence-corrected chi connectivity index (χ1v) is 12.5. The summed E-state index contributed by atoms with van der Waals surface area (Å²) >= 11 is 4.96. The number of esters is 1. The van der Waals surface area contributed by atoms with Crippen LogP contribution < -0.4 is 0 Å². The number of benzene rings is 2. The highest BCUT2D eigenvalue weighted by molar-refractivity contribution is 9.10. The molecule has 0 unspecified atom stereocenters. The molecule has 0 spiro atoms. The standard InChI is InChI=1S/C24H23BrN4O3S/c1-14(2)17-10-5-6-11-18(17)29-21(19(25)20(28-29)24(30)31-13-33-4)23-27-26-22(32-23)16-9-7-8-15(3)12-16/h5-12,14H,13H2,1-4H3. The predicted molar refractivity (Wildman–Crippen MR) is 133 cm³/mol. The molecular weight excluding hydrogens is 504 g/mol. The number of hydrogen-bond donors (Lipinski definition) is 0. The highest BCUT2D eigenvalue weighted by atomic mass is 79.9. The third kappa shape index (κ3) is 4.74. The average molecular weight is 527 g/mol. The van der Waals surface area contributed by atoms with E-state index in [1.165, 1.54) is 11.8 Å². The number of thioether (sulfide) groups is 1. The summed E-state index contributed by atoms with van der Waals surface area (Å²) in [6.45, 7) is 6.21. The topological polar surface area (TPSA) is 83.0 Å². The van der Waals surface area contributed by atoms with E-state index in [-0.39, 0.29) is 23.4 Å². The van der Waals surface area contributed by atoms with Crippen LogP contribution in [0.25, 0.3) is 28.7 Å². The number of aryl methyl sites for hydroxylation is 1. The summed E-state index contributed by atoms with van der Waals surface area (Å²) in [5.74, 6) is 0.560. The SMILES string of the molecule is CSCOC(=O)c1nn(-c2ccccc2C(C)C)c(-c2nnc(-c3cccc(C)c3)o2)c1Br. The average Bonchev–Trinajstić information content (AvgIpc) is 3.42. The van der Waals surface area contributed by atoms with Crippen molar-refractivity contribution in [3.05, 3.63) is 69.8 Å². The van der Waals surface area contributed by atoms with Gasteiger partial charge in [-0.2, -0.15) is 5.10 Å². The predicted octanol–water partition coefficient (Wildman–Crippen LogP) is 6.26. The fraction of sp³-hybridized carbons (Fsp3) is 0.250. The number of aromatic nitrogens is 4. The van der Waals surface area contributed by atoms with E-state index in [0.717, 1.165) is 22.4 Å². The molecule has 0 radical (unpaired) electrons. The molecule has 2 aromatic heterocycles. The van der Waals surface area contributed by atoms with Crippen LogP contribution in [-0.2, 0) is 4.74 Å². The van der Waals surface area contributed by atoms with E-state index < -0.39 is 5.97 Å². The van der Waals surface area contributed by atoms with Crippen molar-refractivity contribution >= 4 is 33.7 Å². The first kappa shape index (κ1) is 23.3. The van der Waals surface area contributed by atoms with Crippen molar-refractivity contribution < 1.29 is 13.9 Å². The van der Waals surface area contributed by atoms with Crippen molar-refractivity contribution in [1.82, 2.24) is 20.0 Å². The third-order valence-electron chi connectivity index (χ3n) is 5.01. The number of carbonyl (C=O) groups excluding carboxylic acids is 1. The Morgan fingerprint density at radius 3 is 2.64 bits per heavy atom. The van der Waals surface area contributed by atoms with Gasteiger partial charge in [-0.05, 0) is 58.8 Å². The van der Waals surface area contributed by atoms with Crippen molar-refractivity contribution in [2.45, 2.75) is 26.7 Å². The van der Waals surface area contributed by atoms with Gasteiger partial charge in [-0.1, -0.05) is 49.7 Å². The Bertz CT molecular complexity index is 1300. The Labute approximate surface area is 204 Å². The van der Waals surface area contributed by atoms with Crippen LogP contribution in [0, 0.1) is 6.92 Å². The van der Waals surface area contributed by atoms with E-state index in [0.29, 0.717) is 16.1 Å². The smallest absolute Gasteiger partial charge is 0.360 e. The number of rotatable bonds is 7. The van der Waals surface area contributed by atoms with Crippen LogP contribution in [0.5, 0.6) is 0 Å². The Morgan fingerprint density at radius 2 is 1.91 bits per heavy atom. The highest BCUT2D eigenvalue weighted by Crippen LogP contribution is 2.36. The van der Waals surface area contributed by atoms with Crippen LogP contribution >= 0.6 is 27.7 Å². The molecule has 0 fully saturated rings. The van der Waals surface area contributed by atoms with Crippen molar-refractivity contribution in [3.8, 4) is 28.7 Å². The van der Waals surface area contributed by atoms with Crippen LogP contribution in [0.2, 0.25) is 0 Å². The molecule has 0 amide bonds. The molecule has 2 heterocycles. The van der Waals surface area contributed by atoms with E-state index in [9.17, 15) is 4.79 Å². The van der Waals surface area contributed by atoms with Gasteiger partial charge >= 0.3 is 5.97 Å². The van der Waals surface area contributed by atoms with E-state index >= 15 is 0 Å². The quantitative estimate of drug-likeness (QED) is 0.207. The second kappa shape index (κ2) is 9.93. The fourth-order valence-corrected chi connectivity index (χ4v) is 4.25. The van der Waals surface area contributed by atoms with Crippen molar-refractivity contribution in [2.75, 3.05) is 12.2 Å². The van der Waals surface area contributed by atoms with Crippen LogP contribution in [0.1, 0.15) is 41.4 Å². The Kier molecular flexibility index (Phi) is 6.99. The summed E-state index contributed by atoms with van der Waals surface area (Å²) in [6, 6.07) is 15.7. The van der Waals surface area contributed by atoms with Gasteiger partial charge in [-0.25, -0.2) is 9.48 Å². The minimum atomic E-state index is -0.531. The maximum atomic E-state index is 12.7. The number of ether oxygens (including phenoxy) is 1. The molecule has 0 bridgehead atoms. The third-order valence-corrected chi connectivity index (χ3v) is 6.11. The Morgan fingerprint density at radius 1 is 1.15 bits per heavy atom. The van der Waals surface area contributed by atoms with Gasteiger partial charge in [0.15, 0.2) is 5.69 Å². The maximum Gasteiger partial charge on any atom is 0.360 e. The largest absolute Gasteiger partial charge is 0.450 e. The van der Waals surface area contributed by atoms with Crippen LogP contribution in [-0.4, -0.2) is 38.1 Å². The lowest BCUT2D eigenvalue weighted by atomic mass is 10.0. The molecule has 170 valence electrons. The molecule has 4 aromatic rings. The lowest BCUT2D eigenvalue weighted by molar-refractivity contribution is 0.0571. The van der Waals surface area contributed by atoms with Crippen molar-refractivity contribution in [1.29, 1.82) is 0 Å². The van der Waals surface area contributed by atoms with Crippen LogP contribution in [0.15, 0.2) is 57.4 Å². The second-order valence-corrected chi connectivity index (χ2v) is 9.36. The fourth-order valence-electron chi connectivity index (χ4n) is 3.45. The van der Waals surface area contributed by atoms with Gasteiger partial charge in [0.25, 0.3) is 5.89 Å². The zero-order valence-electron chi connectivity index (χ0n) is 18.7. The zero-order valence-corrected chi connectivity index (χ0v) is 21.1. The van der Waals surface area contributed by atoms with Gasteiger partial charge in [0.05, 0.1) is 10.2 Å². The number of nitrogens with zero attached hydrogens (tertiary/aromatic N) is 4. The molecule has 2 aromatic carbocycles. The minimum Gasteiger partial charge on any atom is -0.450 e. The normalized spacial score (nSPS) is 11.2. The van der Waals surface area contributed by atoms with E-state index in [4.69, 9.17) is 9.15 Å². The van der Waals surface area contributed by atoms with Crippen LogP contribution in [0.4, 0.5) is 0 Å². The van der Waals surface area contributed by atoms with Crippen molar-refractivity contribution in [3.63, 3.8) is 0 Å². The Balaban J connectivity index is 1.89. The molecule has 0 atom stereocenters. The number of para-hydroxylation sites is 1. The monoisotopic (exact) mass is 526 g/mol. The molecule has 4 rings (SSSR count). The lowest BCUT2D eigenvalue weighted by Crippen LogP contribution is -2.08. The van der Waals surface area contributed by atoms with E-state index in [1.54, 1.807) is 4.68 Å². The number of carbonyl (C=O) groups is 1. The van der Waals surface area contributed by atoms with Gasteiger partial charge in [0.1, 0.15) is 11.6 Å². The summed E-state index contributed by atoms with van der Waals surface area (Å²) in [5, 5.41) is 13.1. The van der Waals surface area contributed by atoms with Crippen LogP contribution in [0.3, 0.4) is 0 Å². The molecule has 9 heteroatoms. The first-order chi connectivity index (χ1) is 15.9. The van der Waals surface area contributed by atoms with Gasteiger partial charge < -0.3 is 9.15 Å². The van der Waals surface area contributed by atoms with Gasteiger partial charge in [-0.15, -0.1) is 22.0 Å². The molecule has 33 heavy (non-hydrogen) atoms. The molecule has 0 aliphatic heterocycles. The zero-order chi connectivity index (χ0) is 23.5. The summed E-state index contributed by atoms with van der Waals surface area (Å²) in [6.07, 6.45) is 1.86. The first-order valence-electron chi connectivity index (χ1n) is 10.4. The number of halogens is 1. The molecule has 0 aliphatic carbocycles. The Hall–Kier alpha value is -2.91. The van der Waals surface area contributed by atoms with E-state index in [1.807, 2.05) is 61.7 Å². The summed E-state index contributed by atoms with van der Waals surface area (Å²) in [4.78, 5) is 12.7. The molecule has 0 N–H and O–H groups in total.